The van der Waals surface area contributed by atoms with E-state index in [0.29, 0.717) is 6.61 Å². The third-order valence-electron chi connectivity index (χ3n) is 1.04. The first-order chi connectivity index (χ1) is 6.35. The predicted molar refractivity (Wildman–Crippen MR) is 60.3 cm³/mol. The van der Waals surface area contributed by atoms with Crippen LogP contribution < -0.4 is 0 Å². The van der Waals surface area contributed by atoms with Gasteiger partial charge in [0.05, 0.1) is 12.3 Å². The lowest BCUT2D eigenvalue weighted by Gasteiger charge is -1.95. The maximum atomic E-state index is 4.94. The summed E-state index contributed by atoms with van der Waals surface area (Å²) >= 11 is 0. The van der Waals surface area contributed by atoms with Crippen LogP contribution in [-0.4, -0.2) is 19.4 Å². The van der Waals surface area contributed by atoms with E-state index in [1.165, 1.54) is 0 Å². The van der Waals surface area contributed by atoms with E-state index in [9.17, 15) is 0 Å². The fourth-order valence-corrected chi connectivity index (χ4v) is 0.639. The standard InChI is InChI=1S/C9H15NO.C2H6/c1-4-6-9(8-11-3)10-7-5-2;1-2/h4-7H,8H2,1-3H3;1-2H3/b6-4-,7-5-,10-9+;. The van der Waals surface area contributed by atoms with Gasteiger partial charge in [0.15, 0.2) is 0 Å². The van der Waals surface area contributed by atoms with Gasteiger partial charge in [-0.05, 0) is 19.9 Å². The summed E-state index contributed by atoms with van der Waals surface area (Å²) in [5, 5.41) is 0. The molecule has 2 heteroatoms. The van der Waals surface area contributed by atoms with Crippen molar-refractivity contribution in [3.8, 4) is 0 Å². The Hall–Kier alpha value is -0.890. The molecule has 2 nitrogen and oxygen atoms in total. The van der Waals surface area contributed by atoms with Crippen LogP contribution in [0, 0.1) is 0 Å². The van der Waals surface area contributed by atoms with Gasteiger partial charge in [0.25, 0.3) is 0 Å². The molecule has 0 spiro atoms. The third-order valence-corrected chi connectivity index (χ3v) is 1.04. The Balaban J connectivity index is 0. The van der Waals surface area contributed by atoms with Gasteiger partial charge >= 0.3 is 0 Å². The number of aliphatic imine (C=N–C) groups is 1. The van der Waals surface area contributed by atoms with Gasteiger partial charge in [0, 0.05) is 13.3 Å². The molecular formula is C11H21NO. The fourth-order valence-electron chi connectivity index (χ4n) is 0.639. The maximum absolute atomic E-state index is 4.94. The van der Waals surface area contributed by atoms with Crippen molar-refractivity contribution in [3.05, 3.63) is 24.4 Å². The van der Waals surface area contributed by atoms with Crippen LogP contribution in [0.5, 0.6) is 0 Å². The molecule has 13 heavy (non-hydrogen) atoms. The lowest BCUT2D eigenvalue weighted by atomic mass is 10.3. The summed E-state index contributed by atoms with van der Waals surface area (Å²) in [7, 11) is 1.66. The van der Waals surface area contributed by atoms with Gasteiger partial charge in [0.1, 0.15) is 0 Å². The number of nitrogens with zero attached hydrogens (tertiary/aromatic N) is 1. The van der Waals surface area contributed by atoms with E-state index in [0.717, 1.165) is 5.71 Å². The van der Waals surface area contributed by atoms with Crippen molar-refractivity contribution in [1.82, 2.24) is 0 Å². The molecule has 0 aliphatic carbocycles. The zero-order valence-electron chi connectivity index (χ0n) is 9.37. The molecule has 0 atom stereocenters. The quantitative estimate of drug-likeness (QED) is 0.613. The summed E-state index contributed by atoms with van der Waals surface area (Å²) in [6, 6.07) is 0. The summed E-state index contributed by atoms with van der Waals surface area (Å²) in [6.45, 7) is 8.46. The molecule has 0 saturated carbocycles. The van der Waals surface area contributed by atoms with Crippen LogP contribution in [0.3, 0.4) is 0 Å². The second-order valence-electron chi connectivity index (χ2n) is 2.04. The topological polar surface area (TPSA) is 21.6 Å². The Morgan fingerprint density at radius 1 is 1.23 bits per heavy atom. The highest BCUT2D eigenvalue weighted by Gasteiger charge is 1.88. The van der Waals surface area contributed by atoms with Crippen LogP contribution >= 0.6 is 0 Å². The third kappa shape index (κ3) is 11.1. The molecule has 0 N–H and O–H groups in total. The van der Waals surface area contributed by atoms with E-state index < -0.39 is 0 Å². The minimum atomic E-state index is 0.564. The average Bonchev–Trinajstić information content (AvgIpc) is 2.18. The van der Waals surface area contributed by atoms with Crippen molar-refractivity contribution in [2.24, 2.45) is 4.99 Å². The summed E-state index contributed by atoms with van der Waals surface area (Å²) in [6.07, 6.45) is 7.53. The number of methoxy groups -OCH3 is 1. The van der Waals surface area contributed by atoms with Crippen molar-refractivity contribution in [1.29, 1.82) is 0 Å². The normalized spacial score (nSPS) is 11.9. The largest absolute Gasteiger partial charge is 0.378 e. The predicted octanol–water partition coefficient (Wildman–Crippen LogP) is 3.21. The van der Waals surface area contributed by atoms with Gasteiger partial charge in [-0.3, -0.25) is 4.99 Å². The maximum Gasteiger partial charge on any atom is 0.0883 e. The minimum absolute atomic E-state index is 0.564. The van der Waals surface area contributed by atoms with E-state index in [2.05, 4.69) is 4.99 Å². The van der Waals surface area contributed by atoms with Gasteiger partial charge in [0.2, 0.25) is 0 Å². The lowest BCUT2D eigenvalue weighted by Crippen LogP contribution is -2.02. The molecule has 0 fully saturated rings. The lowest BCUT2D eigenvalue weighted by molar-refractivity contribution is 0.246. The molecule has 0 saturated heterocycles. The van der Waals surface area contributed by atoms with Gasteiger partial charge in [-0.15, -0.1) is 0 Å². The molecule has 0 aliphatic rings. The number of hydrogen-bond acceptors (Lipinski definition) is 2. The van der Waals surface area contributed by atoms with Crippen molar-refractivity contribution < 1.29 is 4.74 Å². The van der Waals surface area contributed by atoms with E-state index >= 15 is 0 Å². The second-order valence-corrected chi connectivity index (χ2v) is 2.04. The first-order valence-electron chi connectivity index (χ1n) is 4.64. The van der Waals surface area contributed by atoms with E-state index in [1.54, 1.807) is 13.3 Å². The first-order valence-corrected chi connectivity index (χ1v) is 4.64. The molecule has 0 heterocycles. The van der Waals surface area contributed by atoms with Crippen LogP contribution in [0.1, 0.15) is 27.7 Å². The van der Waals surface area contributed by atoms with E-state index in [1.807, 2.05) is 45.9 Å². The Morgan fingerprint density at radius 2 is 1.85 bits per heavy atom. The molecule has 0 bridgehead atoms. The number of allylic oxidation sites excluding steroid dienone is 2. The number of hydrogen-bond donors (Lipinski definition) is 0. The highest BCUT2D eigenvalue weighted by Crippen LogP contribution is 1.85. The van der Waals surface area contributed by atoms with Crippen LogP contribution in [0.4, 0.5) is 0 Å². The smallest absolute Gasteiger partial charge is 0.0883 e. The Morgan fingerprint density at radius 3 is 2.23 bits per heavy atom. The van der Waals surface area contributed by atoms with E-state index in [4.69, 9.17) is 4.74 Å². The van der Waals surface area contributed by atoms with Crippen LogP contribution in [-0.2, 0) is 4.74 Å². The molecule has 76 valence electrons. The zero-order chi connectivity index (χ0) is 10.5. The summed E-state index contributed by atoms with van der Waals surface area (Å²) in [4.78, 5) is 4.15. The van der Waals surface area contributed by atoms with Gasteiger partial charge < -0.3 is 4.74 Å². The highest BCUT2D eigenvalue weighted by atomic mass is 16.5. The SMILES string of the molecule is CC.C\C=C/N=C(\C=C/C)COC. The molecule has 0 aromatic rings. The average molecular weight is 183 g/mol. The Bertz CT molecular complexity index is 169. The van der Waals surface area contributed by atoms with Crippen LogP contribution in [0.25, 0.3) is 0 Å². The number of ether oxygens (including phenoxy) is 1. The fraction of sp³-hybridized carbons (Fsp3) is 0.545. The number of rotatable bonds is 4. The molecule has 0 radical (unpaired) electrons. The molecular weight excluding hydrogens is 162 g/mol. The Labute approximate surface area is 82.0 Å². The van der Waals surface area contributed by atoms with Crippen molar-refractivity contribution in [2.45, 2.75) is 27.7 Å². The van der Waals surface area contributed by atoms with Crippen molar-refractivity contribution in [2.75, 3.05) is 13.7 Å². The monoisotopic (exact) mass is 183 g/mol. The Kier molecular flexibility index (Phi) is 15.4. The summed E-state index contributed by atoms with van der Waals surface area (Å²) in [5.41, 5.74) is 0.938. The van der Waals surface area contributed by atoms with Gasteiger partial charge in [-0.1, -0.05) is 26.0 Å². The van der Waals surface area contributed by atoms with E-state index in [-0.39, 0.29) is 0 Å². The molecule has 0 unspecified atom stereocenters. The molecule has 0 rings (SSSR count). The molecule has 0 amide bonds. The summed E-state index contributed by atoms with van der Waals surface area (Å²) in [5.74, 6) is 0. The molecule has 0 aliphatic heterocycles. The van der Waals surface area contributed by atoms with Gasteiger partial charge in [-0.2, -0.15) is 0 Å². The first kappa shape index (κ1) is 14.6. The van der Waals surface area contributed by atoms with Crippen LogP contribution in [0.2, 0.25) is 0 Å². The van der Waals surface area contributed by atoms with Crippen molar-refractivity contribution >= 4 is 5.71 Å². The second kappa shape index (κ2) is 13.7. The molecule has 0 aromatic heterocycles. The summed E-state index contributed by atoms with van der Waals surface area (Å²) < 4.78 is 4.94. The minimum Gasteiger partial charge on any atom is -0.378 e. The van der Waals surface area contributed by atoms with Crippen molar-refractivity contribution in [3.63, 3.8) is 0 Å². The van der Waals surface area contributed by atoms with Crippen LogP contribution in [0.15, 0.2) is 29.4 Å². The highest BCUT2D eigenvalue weighted by molar-refractivity contribution is 5.96. The molecule has 0 aromatic carbocycles. The zero-order valence-corrected chi connectivity index (χ0v) is 9.37. The van der Waals surface area contributed by atoms with Gasteiger partial charge in [-0.25, -0.2) is 0 Å².